The summed E-state index contributed by atoms with van der Waals surface area (Å²) in [5.74, 6) is 0. The quantitative estimate of drug-likeness (QED) is 0.796. The summed E-state index contributed by atoms with van der Waals surface area (Å²) in [7, 11) is 4.21. The Labute approximate surface area is 122 Å². The Morgan fingerprint density at radius 2 is 1.89 bits per heavy atom. The van der Waals surface area contributed by atoms with Gasteiger partial charge in [0, 0.05) is 30.3 Å². The average molecular weight is 284 g/mol. The summed E-state index contributed by atoms with van der Waals surface area (Å²) < 4.78 is 0. The SMILES string of the molecule is CCCN(CCN(C)C)c1ccc(Cl)cc1CCN. The molecule has 0 aliphatic rings. The van der Waals surface area contributed by atoms with E-state index in [-0.39, 0.29) is 0 Å². The molecule has 0 saturated heterocycles. The highest BCUT2D eigenvalue weighted by molar-refractivity contribution is 6.30. The molecule has 108 valence electrons. The molecule has 0 spiro atoms. The minimum Gasteiger partial charge on any atom is -0.370 e. The van der Waals surface area contributed by atoms with Crippen molar-refractivity contribution in [2.45, 2.75) is 19.8 Å². The molecule has 1 aromatic carbocycles. The zero-order valence-electron chi connectivity index (χ0n) is 12.3. The van der Waals surface area contributed by atoms with Crippen molar-refractivity contribution in [1.82, 2.24) is 4.90 Å². The Hall–Kier alpha value is -0.770. The number of nitrogens with two attached hydrogens (primary N) is 1. The first kappa shape index (κ1) is 16.3. The number of anilines is 1. The lowest BCUT2D eigenvalue weighted by Gasteiger charge is -2.28. The molecule has 0 amide bonds. The smallest absolute Gasteiger partial charge is 0.0410 e. The van der Waals surface area contributed by atoms with Crippen molar-refractivity contribution >= 4 is 17.3 Å². The first-order valence-electron chi connectivity index (χ1n) is 6.96. The fraction of sp³-hybridized carbons (Fsp3) is 0.600. The van der Waals surface area contributed by atoms with Crippen LogP contribution in [0.1, 0.15) is 18.9 Å². The van der Waals surface area contributed by atoms with Crippen LogP contribution in [0.4, 0.5) is 5.69 Å². The summed E-state index contributed by atoms with van der Waals surface area (Å²) in [6.45, 7) is 6.00. The van der Waals surface area contributed by atoms with Gasteiger partial charge in [-0.3, -0.25) is 0 Å². The lowest BCUT2D eigenvalue weighted by atomic mass is 10.1. The lowest BCUT2D eigenvalue weighted by Crippen LogP contribution is -2.33. The van der Waals surface area contributed by atoms with E-state index in [0.29, 0.717) is 6.54 Å². The van der Waals surface area contributed by atoms with E-state index < -0.39 is 0 Å². The van der Waals surface area contributed by atoms with Crippen molar-refractivity contribution in [2.75, 3.05) is 45.2 Å². The van der Waals surface area contributed by atoms with Crippen LogP contribution in [0, 0.1) is 0 Å². The van der Waals surface area contributed by atoms with Gasteiger partial charge in [-0.2, -0.15) is 0 Å². The highest BCUT2D eigenvalue weighted by atomic mass is 35.5. The molecular weight excluding hydrogens is 258 g/mol. The van der Waals surface area contributed by atoms with Gasteiger partial charge in [0.2, 0.25) is 0 Å². The number of hydrogen-bond donors (Lipinski definition) is 1. The van der Waals surface area contributed by atoms with Crippen LogP contribution in [0.2, 0.25) is 5.02 Å². The fourth-order valence-corrected chi connectivity index (χ4v) is 2.36. The van der Waals surface area contributed by atoms with E-state index in [1.807, 2.05) is 12.1 Å². The summed E-state index contributed by atoms with van der Waals surface area (Å²) in [6, 6.07) is 6.13. The molecule has 2 N–H and O–H groups in total. The van der Waals surface area contributed by atoms with Gasteiger partial charge in [-0.15, -0.1) is 0 Å². The van der Waals surface area contributed by atoms with E-state index in [1.165, 1.54) is 11.3 Å². The van der Waals surface area contributed by atoms with E-state index >= 15 is 0 Å². The largest absolute Gasteiger partial charge is 0.370 e. The molecule has 0 atom stereocenters. The van der Waals surface area contributed by atoms with Crippen molar-refractivity contribution < 1.29 is 0 Å². The molecule has 0 aliphatic carbocycles. The highest BCUT2D eigenvalue weighted by Gasteiger charge is 2.11. The van der Waals surface area contributed by atoms with Crippen molar-refractivity contribution in [3.05, 3.63) is 28.8 Å². The fourth-order valence-electron chi connectivity index (χ4n) is 2.16. The maximum absolute atomic E-state index is 6.09. The first-order chi connectivity index (χ1) is 9.08. The molecule has 1 aromatic rings. The predicted molar refractivity (Wildman–Crippen MR) is 85.3 cm³/mol. The second-order valence-electron chi connectivity index (χ2n) is 5.10. The summed E-state index contributed by atoms with van der Waals surface area (Å²) in [4.78, 5) is 4.64. The molecule has 3 nitrogen and oxygen atoms in total. The number of nitrogens with zero attached hydrogens (tertiary/aromatic N) is 2. The molecular formula is C15H26ClN3. The minimum absolute atomic E-state index is 0.654. The highest BCUT2D eigenvalue weighted by Crippen LogP contribution is 2.25. The van der Waals surface area contributed by atoms with Crippen LogP contribution in [-0.4, -0.2) is 45.2 Å². The van der Waals surface area contributed by atoms with E-state index in [0.717, 1.165) is 37.5 Å². The monoisotopic (exact) mass is 283 g/mol. The average Bonchev–Trinajstić information content (AvgIpc) is 2.35. The maximum atomic E-state index is 6.09. The molecule has 0 unspecified atom stereocenters. The zero-order chi connectivity index (χ0) is 14.3. The van der Waals surface area contributed by atoms with Crippen molar-refractivity contribution in [3.8, 4) is 0 Å². The normalized spacial score (nSPS) is 11.1. The standard InChI is InChI=1S/C15H26ClN3/c1-4-9-19(11-10-18(2)3)15-6-5-14(16)12-13(15)7-8-17/h5-6,12H,4,7-11,17H2,1-3H3. The van der Waals surface area contributed by atoms with Crippen molar-refractivity contribution in [1.29, 1.82) is 0 Å². The molecule has 0 radical (unpaired) electrons. The van der Waals surface area contributed by atoms with Gasteiger partial charge in [-0.25, -0.2) is 0 Å². The van der Waals surface area contributed by atoms with Crippen LogP contribution in [-0.2, 0) is 6.42 Å². The lowest BCUT2D eigenvalue weighted by molar-refractivity contribution is 0.413. The van der Waals surface area contributed by atoms with Gasteiger partial charge < -0.3 is 15.5 Å². The van der Waals surface area contributed by atoms with Crippen LogP contribution in [0.5, 0.6) is 0 Å². The summed E-state index contributed by atoms with van der Waals surface area (Å²) in [5, 5.41) is 0.788. The zero-order valence-corrected chi connectivity index (χ0v) is 13.1. The maximum Gasteiger partial charge on any atom is 0.0410 e. The summed E-state index contributed by atoms with van der Waals surface area (Å²) in [6.07, 6.45) is 2.01. The molecule has 0 bridgehead atoms. The van der Waals surface area contributed by atoms with Crippen LogP contribution in [0.15, 0.2) is 18.2 Å². The van der Waals surface area contributed by atoms with Crippen LogP contribution in [0.3, 0.4) is 0 Å². The molecule has 0 aliphatic heterocycles. The van der Waals surface area contributed by atoms with Crippen molar-refractivity contribution in [3.63, 3.8) is 0 Å². The Kier molecular flexibility index (Phi) is 7.21. The van der Waals surface area contributed by atoms with Gasteiger partial charge in [0.1, 0.15) is 0 Å². The van der Waals surface area contributed by atoms with Crippen LogP contribution in [0.25, 0.3) is 0 Å². The molecule has 4 heteroatoms. The van der Waals surface area contributed by atoms with Gasteiger partial charge >= 0.3 is 0 Å². The first-order valence-corrected chi connectivity index (χ1v) is 7.34. The Morgan fingerprint density at radius 1 is 1.16 bits per heavy atom. The van der Waals surface area contributed by atoms with E-state index in [2.05, 4.69) is 36.9 Å². The van der Waals surface area contributed by atoms with E-state index in [1.54, 1.807) is 0 Å². The summed E-state index contributed by atoms with van der Waals surface area (Å²) >= 11 is 6.09. The molecule has 0 saturated carbocycles. The number of halogens is 1. The van der Waals surface area contributed by atoms with Crippen LogP contribution >= 0.6 is 11.6 Å². The number of hydrogen-bond acceptors (Lipinski definition) is 3. The molecule has 1 rings (SSSR count). The second-order valence-corrected chi connectivity index (χ2v) is 5.54. The predicted octanol–water partition coefficient (Wildman–Crippen LogP) is 2.62. The van der Waals surface area contributed by atoms with Crippen LogP contribution < -0.4 is 10.6 Å². The topological polar surface area (TPSA) is 32.5 Å². The van der Waals surface area contributed by atoms with Gasteiger partial charge in [0.25, 0.3) is 0 Å². The third kappa shape index (κ3) is 5.39. The number of likely N-dealkylation sites (N-methyl/N-ethyl adjacent to an activating group) is 1. The van der Waals surface area contributed by atoms with E-state index in [4.69, 9.17) is 17.3 Å². The second kappa shape index (κ2) is 8.41. The Balaban J connectivity index is 2.92. The minimum atomic E-state index is 0.654. The summed E-state index contributed by atoms with van der Waals surface area (Å²) in [5.41, 5.74) is 8.23. The number of rotatable bonds is 8. The molecule has 0 fully saturated rings. The van der Waals surface area contributed by atoms with Gasteiger partial charge in [0.05, 0.1) is 0 Å². The van der Waals surface area contributed by atoms with Gasteiger partial charge in [-0.1, -0.05) is 18.5 Å². The molecule has 0 aromatic heterocycles. The van der Waals surface area contributed by atoms with Crippen molar-refractivity contribution in [2.24, 2.45) is 5.73 Å². The Bertz CT molecular complexity index is 380. The van der Waals surface area contributed by atoms with Gasteiger partial charge in [-0.05, 0) is 57.2 Å². The van der Waals surface area contributed by atoms with Gasteiger partial charge in [0.15, 0.2) is 0 Å². The van der Waals surface area contributed by atoms with E-state index in [9.17, 15) is 0 Å². The molecule has 0 heterocycles. The Morgan fingerprint density at radius 3 is 2.47 bits per heavy atom. The third-order valence-corrected chi connectivity index (χ3v) is 3.34. The molecule has 19 heavy (non-hydrogen) atoms. The third-order valence-electron chi connectivity index (χ3n) is 3.11. The number of benzene rings is 1.